The monoisotopic (exact) mass is 272 g/mol. The second-order valence-corrected chi connectivity index (χ2v) is 5.81. The van der Waals surface area contributed by atoms with E-state index in [1.165, 1.54) is 0 Å². The average Bonchev–Trinajstić information content (AvgIpc) is 2.32. The van der Waals surface area contributed by atoms with Crippen molar-refractivity contribution in [1.29, 1.82) is 0 Å². The Kier molecular flexibility index (Phi) is 5.58. The fourth-order valence-corrected chi connectivity index (χ4v) is 2.43. The van der Waals surface area contributed by atoms with E-state index in [1.54, 1.807) is 6.07 Å². The normalized spacial score (nSPS) is 11.5. The summed E-state index contributed by atoms with van der Waals surface area (Å²) in [6, 6.07) is 5.49. The fraction of sp³-hybridized carbons (Fsp3) is 0.500. The van der Waals surface area contributed by atoms with E-state index in [-0.39, 0.29) is 12.4 Å². The van der Waals surface area contributed by atoms with E-state index in [1.807, 2.05) is 26.0 Å². The van der Waals surface area contributed by atoms with Gasteiger partial charge in [0.15, 0.2) is 0 Å². The van der Waals surface area contributed by atoms with Gasteiger partial charge in [0.2, 0.25) is 10.0 Å². The number of benzene rings is 1. The van der Waals surface area contributed by atoms with Gasteiger partial charge in [-0.15, -0.1) is 0 Å². The SMILES string of the molecule is CCOCCS(=O)(=O)Nc1cc(CN)ccc1C. The molecule has 0 aliphatic rings. The van der Waals surface area contributed by atoms with Crippen LogP contribution in [-0.2, 0) is 21.3 Å². The van der Waals surface area contributed by atoms with Gasteiger partial charge in [0, 0.05) is 13.2 Å². The lowest BCUT2D eigenvalue weighted by Crippen LogP contribution is -2.20. The van der Waals surface area contributed by atoms with E-state index >= 15 is 0 Å². The minimum Gasteiger partial charge on any atom is -0.381 e. The second kappa shape index (κ2) is 6.72. The Bertz CT molecular complexity index is 486. The van der Waals surface area contributed by atoms with E-state index in [0.29, 0.717) is 18.8 Å². The molecule has 0 heterocycles. The van der Waals surface area contributed by atoms with Gasteiger partial charge in [-0.1, -0.05) is 12.1 Å². The van der Waals surface area contributed by atoms with Crippen molar-refractivity contribution in [1.82, 2.24) is 0 Å². The predicted octanol–water partition coefficient (Wildman–Crippen LogP) is 1.23. The van der Waals surface area contributed by atoms with Crippen molar-refractivity contribution < 1.29 is 13.2 Å². The first-order valence-corrected chi connectivity index (χ1v) is 7.51. The summed E-state index contributed by atoms with van der Waals surface area (Å²) < 4.78 is 31.2. The van der Waals surface area contributed by atoms with Gasteiger partial charge < -0.3 is 10.5 Å². The standard InChI is InChI=1S/C12H20N2O3S/c1-3-17-6-7-18(15,16)14-12-8-11(9-13)5-4-10(12)2/h4-5,8,14H,3,6-7,9,13H2,1-2H3. The molecule has 0 aliphatic heterocycles. The Balaban J connectivity index is 2.76. The molecular weight excluding hydrogens is 252 g/mol. The number of hydrogen-bond acceptors (Lipinski definition) is 4. The van der Waals surface area contributed by atoms with E-state index in [4.69, 9.17) is 10.5 Å². The van der Waals surface area contributed by atoms with Crippen LogP contribution in [0.5, 0.6) is 0 Å². The van der Waals surface area contributed by atoms with E-state index in [2.05, 4.69) is 4.72 Å². The molecule has 0 aromatic heterocycles. The number of rotatable bonds is 7. The number of nitrogens with two attached hydrogens (primary N) is 1. The molecule has 0 saturated heterocycles. The third kappa shape index (κ3) is 4.64. The number of nitrogens with one attached hydrogen (secondary N) is 1. The Labute approximate surface area is 108 Å². The largest absolute Gasteiger partial charge is 0.381 e. The molecule has 0 spiro atoms. The summed E-state index contributed by atoms with van der Waals surface area (Å²) in [6.07, 6.45) is 0. The maximum Gasteiger partial charge on any atom is 0.235 e. The Hall–Kier alpha value is -1.11. The first kappa shape index (κ1) is 14.9. The van der Waals surface area contributed by atoms with Crippen LogP contribution in [0.15, 0.2) is 18.2 Å². The van der Waals surface area contributed by atoms with Crippen LogP contribution in [0.4, 0.5) is 5.69 Å². The van der Waals surface area contributed by atoms with Gasteiger partial charge in [0.05, 0.1) is 18.0 Å². The molecule has 0 unspecified atom stereocenters. The van der Waals surface area contributed by atoms with Crippen molar-refractivity contribution in [2.45, 2.75) is 20.4 Å². The van der Waals surface area contributed by atoms with E-state index in [9.17, 15) is 8.42 Å². The number of hydrogen-bond donors (Lipinski definition) is 2. The lowest BCUT2D eigenvalue weighted by atomic mass is 10.1. The third-order valence-electron chi connectivity index (χ3n) is 2.50. The fourth-order valence-electron chi connectivity index (χ4n) is 1.44. The molecular formula is C12H20N2O3S. The highest BCUT2D eigenvalue weighted by Crippen LogP contribution is 2.18. The summed E-state index contributed by atoms with van der Waals surface area (Å²) in [4.78, 5) is 0. The van der Waals surface area contributed by atoms with Gasteiger partial charge in [0.25, 0.3) is 0 Å². The van der Waals surface area contributed by atoms with Crippen molar-refractivity contribution in [2.75, 3.05) is 23.7 Å². The maximum atomic E-state index is 11.8. The molecule has 3 N–H and O–H groups in total. The summed E-state index contributed by atoms with van der Waals surface area (Å²) in [5.74, 6) is -0.0485. The summed E-state index contributed by atoms with van der Waals surface area (Å²) in [6.45, 7) is 4.77. The molecule has 5 nitrogen and oxygen atoms in total. The van der Waals surface area contributed by atoms with Crippen LogP contribution < -0.4 is 10.5 Å². The summed E-state index contributed by atoms with van der Waals surface area (Å²) in [5.41, 5.74) is 7.87. The molecule has 102 valence electrons. The minimum atomic E-state index is -3.37. The average molecular weight is 272 g/mol. The predicted molar refractivity (Wildman–Crippen MR) is 73.0 cm³/mol. The van der Waals surface area contributed by atoms with Crippen molar-refractivity contribution in [3.63, 3.8) is 0 Å². The van der Waals surface area contributed by atoms with Crippen LogP contribution in [0.2, 0.25) is 0 Å². The first-order valence-electron chi connectivity index (χ1n) is 5.86. The van der Waals surface area contributed by atoms with E-state index < -0.39 is 10.0 Å². The van der Waals surface area contributed by atoms with Gasteiger partial charge in [-0.3, -0.25) is 4.72 Å². The number of sulfonamides is 1. The number of ether oxygens (including phenoxy) is 1. The zero-order valence-electron chi connectivity index (χ0n) is 10.8. The summed E-state index contributed by atoms with van der Waals surface area (Å²) >= 11 is 0. The molecule has 18 heavy (non-hydrogen) atoms. The van der Waals surface area contributed by atoms with Crippen molar-refractivity contribution in [3.8, 4) is 0 Å². The second-order valence-electron chi connectivity index (χ2n) is 3.97. The number of anilines is 1. The Morgan fingerprint density at radius 1 is 1.39 bits per heavy atom. The molecule has 0 fully saturated rings. The highest BCUT2D eigenvalue weighted by Gasteiger charge is 2.11. The van der Waals surface area contributed by atoms with Crippen LogP contribution in [0.1, 0.15) is 18.1 Å². The third-order valence-corrected chi connectivity index (χ3v) is 3.74. The topological polar surface area (TPSA) is 81.4 Å². The number of aryl methyl sites for hydroxylation is 1. The van der Waals surface area contributed by atoms with Crippen LogP contribution >= 0.6 is 0 Å². The molecule has 0 atom stereocenters. The Morgan fingerprint density at radius 2 is 2.11 bits per heavy atom. The van der Waals surface area contributed by atoms with Gasteiger partial charge in [-0.2, -0.15) is 0 Å². The maximum absolute atomic E-state index is 11.8. The zero-order valence-corrected chi connectivity index (χ0v) is 11.6. The zero-order chi connectivity index (χ0) is 13.6. The smallest absolute Gasteiger partial charge is 0.235 e. The molecule has 0 aliphatic carbocycles. The molecule has 0 radical (unpaired) electrons. The van der Waals surface area contributed by atoms with Crippen LogP contribution in [0, 0.1) is 6.92 Å². The summed E-state index contributed by atoms with van der Waals surface area (Å²) in [5, 5.41) is 0. The van der Waals surface area contributed by atoms with Crippen molar-refractivity contribution in [2.24, 2.45) is 5.73 Å². The van der Waals surface area contributed by atoms with Gasteiger partial charge in [0.1, 0.15) is 0 Å². The van der Waals surface area contributed by atoms with E-state index in [0.717, 1.165) is 11.1 Å². The van der Waals surface area contributed by atoms with Crippen LogP contribution in [0.3, 0.4) is 0 Å². The summed E-state index contributed by atoms with van der Waals surface area (Å²) in [7, 11) is -3.37. The Morgan fingerprint density at radius 3 is 2.72 bits per heavy atom. The molecule has 1 aromatic carbocycles. The molecule has 0 saturated carbocycles. The lowest BCUT2D eigenvalue weighted by Gasteiger charge is -2.11. The van der Waals surface area contributed by atoms with Gasteiger partial charge in [-0.25, -0.2) is 8.42 Å². The van der Waals surface area contributed by atoms with Crippen LogP contribution in [-0.4, -0.2) is 27.4 Å². The quantitative estimate of drug-likeness (QED) is 0.732. The van der Waals surface area contributed by atoms with Crippen molar-refractivity contribution in [3.05, 3.63) is 29.3 Å². The van der Waals surface area contributed by atoms with Gasteiger partial charge in [-0.05, 0) is 31.0 Å². The highest BCUT2D eigenvalue weighted by atomic mass is 32.2. The molecule has 1 rings (SSSR count). The molecule has 1 aromatic rings. The minimum absolute atomic E-state index is 0.0485. The van der Waals surface area contributed by atoms with Gasteiger partial charge >= 0.3 is 0 Å². The highest BCUT2D eigenvalue weighted by molar-refractivity contribution is 7.92. The lowest BCUT2D eigenvalue weighted by molar-refractivity contribution is 0.163. The molecule has 0 amide bonds. The van der Waals surface area contributed by atoms with Crippen LogP contribution in [0.25, 0.3) is 0 Å². The van der Waals surface area contributed by atoms with Crippen molar-refractivity contribution >= 4 is 15.7 Å². The first-order chi connectivity index (χ1) is 8.48. The molecule has 0 bridgehead atoms. The molecule has 6 heteroatoms.